The van der Waals surface area contributed by atoms with Crippen LogP contribution >= 0.6 is 11.6 Å². The van der Waals surface area contributed by atoms with Crippen LogP contribution in [0.5, 0.6) is 0 Å². The maximum Gasteiger partial charge on any atom is 0.256 e. The number of hydrogen-bond acceptors (Lipinski definition) is 3. The summed E-state index contributed by atoms with van der Waals surface area (Å²) in [6.07, 6.45) is 1.73. The van der Waals surface area contributed by atoms with E-state index in [9.17, 15) is 4.79 Å². The quantitative estimate of drug-likeness (QED) is 0.827. The number of aliphatic hydroxyl groups is 1. The average molecular weight is 290 g/mol. The molecular weight excluding hydrogens is 278 g/mol. The van der Waals surface area contributed by atoms with Crippen LogP contribution in [0.2, 0.25) is 5.02 Å². The van der Waals surface area contributed by atoms with Crippen LogP contribution in [-0.2, 0) is 7.05 Å². The highest BCUT2D eigenvalue weighted by Crippen LogP contribution is 2.18. The third-order valence-corrected chi connectivity index (χ3v) is 2.80. The Morgan fingerprint density at radius 2 is 2.30 bits per heavy atom. The van der Waals surface area contributed by atoms with Gasteiger partial charge in [0.1, 0.15) is 6.61 Å². The minimum atomic E-state index is -0.299. The van der Waals surface area contributed by atoms with Crippen molar-refractivity contribution in [1.82, 2.24) is 9.78 Å². The van der Waals surface area contributed by atoms with Crippen LogP contribution in [0.1, 0.15) is 15.9 Å². The molecular formula is C14H12ClN3O2. The van der Waals surface area contributed by atoms with Gasteiger partial charge in [0, 0.05) is 30.4 Å². The number of aromatic nitrogens is 2. The van der Waals surface area contributed by atoms with Gasteiger partial charge in [-0.15, -0.1) is 0 Å². The van der Waals surface area contributed by atoms with E-state index in [2.05, 4.69) is 22.3 Å². The zero-order valence-corrected chi connectivity index (χ0v) is 11.5. The molecule has 2 aromatic rings. The number of benzene rings is 1. The van der Waals surface area contributed by atoms with Crippen molar-refractivity contribution in [3.63, 3.8) is 0 Å². The van der Waals surface area contributed by atoms with Gasteiger partial charge in [-0.2, -0.15) is 5.10 Å². The molecule has 0 aliphatic rings. The fourth-order valence-electron chi connectivity index (χ4n) is 1.56. The SMILES string of the molecule is Cn1ccc(NC(=O)c2ccc(C#CCO)c(Cl)c2)n1. The van der Waals surface area contributed by atoms with Gasteiger partial charge in [-0.25, -0.2) is 0 Å². The Bertz CT molecular complexity index is 698. The van der Waals surface area contributed by atoms with E-state index in [1.807, 2.05) is 0 Å². The second-order valence-corrected chi connectivity index (χ2v) is 4.39. The lowest BCUT2D eigenvalue weighted by Gasteiger charge is -2.03. The number of aryl methyl sites for hydroxylation is 1. The molecule has 0 bridgehead atoms. The number of nitrogens with one attached hydrogen (secondary N) is 1. The molecule has 0 spiro atoms. The third kappa shape index (κ3) is 3.38. The van der Waals surface area contributed by atoms with Crippen LogP contribution in [0.15, 0.2) is 30.5 Å². The zero-order valence-electron chi connectivity index (χ0n) is 10.7. The lowest BCUT2D eigenvalue weighted by atomic mass is 10.1. The molecule has 1 amide bonds. The summed E-state index contributed by atoms with van der Waals surface area (Å²) in [5, 5.41) is 15.7. The summed E-state index contributed by atoms with van der Waals surface area (Å²) in [6, 6.07) is 6.48. The topological polar surface area (TPSA) is 67.2 Å². The van der Waals surface area contributed by atoms with Crippen molar-refractivity contribution in [2.75, 3.05) is 11.9 Å². The van der Waals surface area contributed by atoms with Gasteiger partial charge in [0.15, 0.2) is 5.82 Å². The van der Waals surface area contributed by atoms with Crippen molar-refractivity contribution in [2.24, 2.45) is 7.05 Å². The van der Waals surface area contributed by atoms with Gasteiger partial charge in [0.25, 0.3) is 5.91 Å². The molecule has 0 radical (unpaired) electrons. The molecule has 1 heterocycles. The lowest BCUT2D eigenvalue weighted by molar-refractivity contribution is 0.102. The molecule has 0 saturated heterocycles. The monoisotopic (exact) mass is 289 g/mol. The Morgan fingerprint density at radius 1 is 1.50 bits per heavy atom. The fourth-order valence-corrected chi connectivity index (χ4v) is 1.79. The van der Waals surface area contributed by atoms with Crippen LogP contribution < -0.4 is 5.32 Å². The van der Waals surface area contributed by atoms with E-state index < -0.39 is 0 Å². The van der Waals surface area contributed by atoms with Crippen LogP contribution in [-0.4, -0.2) is 27.4 Å². The van der Waals surface area contributed by atoms with E-state index in [1.165, 1.54) is 6.07 Å². The van der Waals surface area contributed by atoms with Crippen molar-refractivity contribution in [3.05, 3.63) is 46.6 Å². The number of nitrogens with zero attached hydrogens (tertiary/aromatic N) is 2. The van der Waals surface area contributed by atoms with Crippen molar-refractivity contribution in [3.8, 4) is 11.8 Å². The predicted octanol–water partition coefficient (Wildman–Crippen LogP) is 1.67. The number of aliphatic hydroxyl groups excluding tert-OH is 1. The predicted molar refractivity (Wildman–Crippen MR) is 76.6 cm³/mol. The molecule has 0 aliphatic heterocycles. The van der Waals surface area contributed by atoms with E-state index in [1.54, 1.807) is 36.1 Å². The maximum atomic E-state index is 12.0. The van der Waals surface area contributed by atoms with E-state index >= 15 is 0 Å². The highest BCUT2D eigenvalue weighted by atomic mass is 35.5. The highest BCUT2D eigenvalue weighted by molar-refractivity contribution is 6.32. The summed E-state index contributed by atoms with van der Waals surface area (Å²) in [4.78, 5) is 12.0. The lowest BCUT2D eigenvalue weighted by Crippen LogP contribution is -2.12. The minimum absolute atomic E-state index is 0.238. The molecule has 0 unspecified atom stereocenters. The molecule has 5 nitrogen and oxygen atoms in total. The summed E-state index contributed by atoms with van der Waals surface area (Å²) in [5.41, 5.74) is 0.977. The third-order valence-electron chi connectivity index (χ3n) is 2.49. The number of anilines is 1. The first kappa shape index (κ1) is 14.1. The summed E-state index contributed by atoms with van der Waals surface area (Å²) >= 11 is 6.03. The number of amides is 1. The van der Waals surface area contributed by atoms with Gasteiger partial charge in [-0.1, -0.05) is 23.4 Å². The van der Waals surface area contributed by atoms with E-state index in [0.29, 0.717) is 22.0 Å². The average Bonchev–Trinajstić information content (AvgIpc) is 2.82. The Morgan fingerprint density at radius 3 is 2.90 bits per heavy atom. The normalized spacial score (nSPS) is 9.75. The standard InChI is InChI=1S/C14H12ClN3O2/c1-18-7-6-13(17-18)16-14(20)11-5-4-10(3-2-8-19)12(15)9-11/h4-7,9,19H,8H2,1H3,(H,16,17,20). The van der Waals surface area contributed by atoms with Gasteiger partial charge in [-0.3, -0.25) is 9.48 Å². The second kappa shape index (κ2) is 6.24. The molecule has 1 aromatic heterocycles. The number of carbonyl (C=O) groups excluding carboxylic acids is 1. The summed E-state index contributed by atoms with van der Waals surface area (Å²) in [5.74, 6) is 5.38. The number of carbonyl (C=O) groups is 1. The molecule has 0 atom stereocenters. The van der Waals surface area contributed by atoms with Crippen LogP contribution in [0.3, 0.4) is 0 Å². The molecule has 0 aliphatic carbocycles. The molecule has 6 heteroatoms. The second-order valence-electron chi connectivity index (χ2n) is 3.98. The van der Waals surface area contributed by atoms with Crippen LogP contribution in [0, 0.1) is 11.8 Å². The maximum absolute atomic E-state index is 12.0. The Balaban J connectivity index is 2.16. The highest BCUT2D eigenvalue weighted by Gasteiger charge is 2.09. The summed E-state index contributed by atoms with van der Waals surface area (Å²) < 4.78 is 1.59. The first-order valence-electron chi connectivity index (χ1n) is 5.80. The molecule has 2 N–H and O–H groups in total. The van der Waals surface area contributed by atoms with E-state index in [0.717, 1.165) is 0 Å². The van der Waals surface area contributed by atoms with Gasteiger partial charge in [-0.05, 0) is 18.2 Å². The fraction of sp³-hybridized carbons (Fsp3) is 0.143. The summed E-state index contributed by atoms with van der Waals surface area (Å²) in [6.45, 7) is -0.238. The van der Waals surface area contributed by atoms with Crippen LogP contribution in [0.4, 0.5) is 5.82 Å². The molecule has 0 saturated carbocycles. The smallest absolute Gasteiger partial charge is 0.256 e. The van der Waals surface area contributed by atoms with Gasteiger partial charge in [0.05, 0.1) is 5.02 Å². The first-order chi connectivity index (χ1) is 9.60. The zero-order chi connectivity index (χ0) is 14.5. The van der Waals surface area contributed by atoms with E-state index in [-0.39, 0.29) is 12.5 Å². The number of halogens is 1. The Kier molecular flexibility index (Phi) is 4.41. The number of rotatable bonds is 2. The summed E-state index contributed by atoms with van der Waals surface area (Å²) in [7, 11) is 1.77. The first-order valence-corrected chi connectivity index (χ1v) is 6.18. The Hall–Kier alpha value is -2.29. The van der Waals surface area contributed by atoms with Crippen molar-refractivity contribution >= 4 is 23.3 Å². The molecule has 20 heavy (non-hydrogen) atoms. The molecule has 0 fully saturated rings. The van der Waals surface area contributed by atoms with Crippen molar-refractivity contribution in [1.29, 1.82) is 0 Å². The van der Waals surface area contributed by atoms with Gasteiger partial charge in [0.2, 0.25) is 0 Å². The van der Waals surface area contributed by atoms with E-state index in [4.69, 9.17) is 16.7 Å². The molecule has 102 valence electrons. The molecule has 1 aromatic carbocycles. The Labute approximate surface area is 121 Å². The number of hydrogen-bond donors (Lipinski definition) is 2. The minimum Gasteiger partial charge on any atom is -0.384 e. The van der Waals surface area contributed by atoms with Crippen LogP contribution in [0.25, 0.3) is 0 Å². The van der Waals surface area contributed by atoms with Crippen molar-refractivity contribution in [2.45, 2.75) is 0 Å². The largest absolute Gasteiger partial charge is 0.384 e. The molecule has 2 rings (SSSR count). The van der Waals surface area contributed by atoms with Gasteiger partial charge < -0.3 is 10.4 Å². The van der Waals surface area contributed by atoms with Gasteiger partial charge >= 0.3 is 0 Å². The van der Waals surface area contributed by atoms with Crippen molar-refractivity contribution < 1.29 is 9.90 Å².